The zero-order chi connectivity index (χ0) is 15.2. The first-order valence-corrected chi connectivity index (χ1v) is 7.42. The molecular weight excluding hydrogens is 332 g/mol. The minimum Gasteiger partial charge on any atom is -0.493 e. The Morgan fingerprint density at radius 1 is 1.10 bits per heavy atom. The van der Waals surface area contributed by atoms with Gasteiger partial charge in [0.25, 0.3) is 0 Å². The molecule has 0 heterocycles. The fourth-order valence-corrected chi connectivity index (χ4v) is 2.46. The lowest BCUT2D eigenvalue weighted by molar-refractivity contribution is 0.350. The van der Waals surface area contributed by atoms with Gasteiger partial charge in [-0.25, -0.2) is 0 Å². The van der Waals surface area contributed by atoms with Gasteiger partial charge in [0.1, 0.15) is 0 Å². The first kappa shape index (κ1) is 15.7. The summed E-state index contributed by atoms with van der Waals surface area (Å²) in [6.07, 6.45) is 0. The second-order valence-electron chi connectivity index (χ2n) is 4.52. The summed E-state index contributed by atoms with van der Waals surface area (Å²) in [5, 5.41) is 3.42. The van der Waals surface area contributed by atoms with E-state index < -0.39 is 0 Å². The highest BCUT2D eigenvalue weighted by Crippen LogP contribution is 2.35. The van der Waals surface area contributed by atoms with Crippen LogP contribution in [0.3, 0.4) is 0 Å². The molecule has 0 aromatic heterocycles. The van der Waals surface area contributed by atoms with E-state index in [-0.39, 0.29) is 6.04 Å². The number of halogens is 1. The molecule has 0 radical (unpaired) electrons. The summed E-state index contributed by atoms with van der Waals surface area (Å²) in [6, 6.07) is 13.7. The standard InChI is InChI=1S/C16H19BrN2O2/c1-20-15-5-3-4-13(16(15)21-2)14(10-18)19-12-8-6-11(17)7-9-12/h3-9,14,19H,10,18H2,1-2H3. The molecule has 0 saturated heterocycles. The van der Waals surface area contributed by atoms with Gasteiger partial charge in [0.2, 0.25) is 0 Å². The largest absolute Gasteiger partial charge is 0.493 e. The van der Waals surface area contributed by atoms with Crippen molar-refractivity contribution in [2.75, 3.05) is 26.1 Å². The third-order valence-electron chi connectivity index (χ3n) is 3.23. The number of anilines is 1. The molecule has 1 atom stereocenters. The van der Waals surface area contributed by atoms with Crippen LogP contribution in [0, 0.1) is 0 Å². The van der Waals surface area contributed by atoms with Crippen molar-refractivity contribution in [3.63, 3.8) is 0 Å². The van der Waals surface area contributed by atoms with Crippen LogP contribution in [0.2, 0.25) is 0 Å². The molecule has 2 rings (SSSR count). The van der Waals surface area contributed by atoms with Gasteiger partial charge < -0.3 is 20.5 Å². The summed E-state index contributed by atoms with van der Waals surface area (Å²) in [7, 11) is 3.26. The molecule has 2 aromatic rings. The Morgan fingerprint density at radius 3 is 2.38 bits per heavy atom. The number of hydrogen-bond acceptors (Lipinski definition) is 4. The summed E-state index contributed by atoms with van der Waals surface area (Å²) < 4.78 is 11.9. The summed E-state index contributed by atoms with van der Waals surface area (Å²) in [5.41, 5.74) is 7.90. The predicted octanol–water partition coefficient (Wildman–Crippen LogP) is 3.58. The number of nitrogens with two attached hydrogens (primary N) is 1. The highest BCUT2D eigenvalue weighted by Gasteiger charge is 2.17. The zero-order valence-electron chi connectivity index (χ0n) is 12.1. The highest BCUT2D eigenvalue weighted by molar-refractivity contribution is 9.10. The maximum absolute atomic E-state index is 5.93. The minimum absolute atomic E-state index is 0.0591. The first-order valence-electron chi connectivity index (χ1n) is 6.62. The first-order chi connectivity index (χ1) is 10.2. The smallest absolute Gasteiger partial charge is 0.166 e. The van der Waals surface area contributed by atoms with Gasteiger partial charge in [-0.05, 0) is 30.3 Å². The molecule has 4 nitrogen and oxygen atoms in total. The van der Waals surface area contributed by atoms with Crippen molar-refractivity contribution < 1.29 is 9.47 Å². The van der Waals surface area contributed by atoms with E-state index in [1.807, 2.05) is 42.5 Å². The molecule has 0 bridgehead atoms. The Balaban J connectivity index is 2.31. The molecule has 0 saturated carbocycles. The van der Waals surface area contributed by atoms with Crippen molar-refractivity contribution in [3.8, 4) is 11.5 Å². The number of benzene rings is 2. The maximum atomic E-state index is 5.93. The van der Waals surface area contributed by atoms with Crippen molar-refractivity contribution in [2.24, 2.45) is 5.73 Å². The van der Waals surface area contributed by atoms with Crippen LogP contribution in [0.5, 0.6) is 11.5 Å². The monoisotopic (exact) mass is 350 g/mol. The van der Waals surface area contributed by atoms with E-state index in [1.165, 1.54) is 0 Å². The Hall–Kier alpha value is -1.72. The second-order valence-corrected chi connectivity index (χ2v) is 5.44. The van der Waals surface area contributed by atoms with E-state index in [0.717, 1.165) is 15.7 Å². The van der Waals surface area contributed by atoms with Crippen molar-refractivity contribution in [2.45, 2.75) is 6.04 Å². The molecule has 21 heavy (non-hydrogen) atoms. The lowest BCUT2D eigenvalue weighted by Gasteiger charge is -2.22. The van der Waals surface area contributed by atoms with Gasteiger partial charge in [-0.15, -0.1) is 0 Å². The molecule has 0 fully saturated rings. The molecule has 2 aromatic carbocycles. The minimum atomic E-state index is -0.0591. The molecule has 1 unspecified atom stereocenters. The molecule has 0 aliphatic carbocycles. The highest BCUT2D eigenvalue weighted by atomic mass is 79.9. The van der Waals surface area contributed by atoms with Gasteiger partial charge >= 0.3 is 0 Å². The molecule has 5 heteroatoms. The number of nitrogens with one attached hydrogen (secondary N) is 1. The molecule has 0 aliphatic rings. The van der Waals surface area contributed by atoms with Gasteiger partial charge in [0, 0.05) is 22.3 Å². The Labute approximate surface area is 133 Å². The normalized spacial score (nSPS) is 11.8. The SMILES string of the molecule is COc1cccc(C(CN)Nc2ccc(Br)cc2)c1OC. The van der Waals surface area contributed by atoms with Gasteiger partial charge in [-0.3, -0.25) is 0 Å². The van der Waals surface area contributed by atoms with E-state index in [0.29, 0.717) is 18.0 Å². The fourth-order valence-electron chi connectivity index (χ4n) is 2.20. The summed E-state index contributed by atoms with van der Waals surface area (Å²) in [6.45, 7) is 0.444. The van der Waals surface area contributed by atoms with E-state index >= 15 is 0 Å². The number of methoxy groups -OCH3 is 2. The van der Waals surface area contributed by atoms with Crippen LogP contribution in [-0.2, 0) is 0 Å². The van der Waals surface area contributed by atoms with E-state index in [2.05, 4.69) is 21.2 Å². The fraction of sp³-hybridized carbons (Fsp3) is 0.250. The lowest BCUT2D eigenvalue weighted by Crippen LogP contribution is -2.21. The summed E-state index contributed by atoms with van der Waals surface area (Å²) >= 11 is 3.43. The second kappa shape index (κ2) is 7.33. The number of rotatable bonds is 6. The molecular formula is C16H19BrN2O2. The van der Waals surface area contributed by atoms with Crippen LogP contribution in [-0.4, -0.2) is 20.8 Å². The Bertz CT molecular complexity index is 587. The third kappa shape index (κ3) is 3.68. The van der Waals surface area contributed by atoms with Crippen LogP contribution >= 0.6 is 15.9 Å². The van der Waals surface area contributed by atoms with Gasteiger partial charge in [-0.1, -0.05) is 28.1 Å². The van der Waals surface area contributed by atoms with Crippen LogP contribution < -0.4 is 20.5 Å². The van der Waals surface area contributed by atoms with E-state index in [4.69, 9.17) is 15.2 Å². The Morgan fingerprint density at radius 2 is 1.81 bits per heavy atom. The predicted molar refractivity (Wildman–Crippen MR) is 89.1 cm³/mol. The van der Waals surface area contributed by atoms with Crippen molar-refractivity contribution in [3.05, 3.63) is 52.5 Å². The summed E-state index contributed by atoms with van der Waals surface area (Å²) in [5.74, 6) is 1.41. The van der Waals surface area contributed by atoms with Gasteiger partial charge in [0.15, 0.2) is 11.5 Å². The topological polar surface area (TPSA) is 56.5 Å². The molecule has 0 amide bonds. The maximum Gasteiger partial charge on any atom is 0.166 e. The zero-order valence-corrected chi connectivity index (χ0v) is 13.7. The average Bonchev–Trinajstić information content (AvgIpc) is 2.53. The van der Waals surface area contributed by atoms with Crippen molar-refractivity contribution >= 4 is 21.6 Å². The number of ether oxygens (including phenoxy) is 2. The van der Waals surface area contributed by atoms with Crippen LogP contribution in [0.15, 0.2) is 46.9 Å². The van der Waals surface area contributed by atoms with E-state index in [1.54, 1.807) is 14.2 Å². The number of hydrogen-bond donors (Lipinski definition) is 2. The molecule has 112 valence electrons. The summed E-state index contributed by atoms with van der Waals surface area (Å²) in [4.78, 5) is 0. The van der Waals surface area contributed by atoms with Crippen LogP contribution in [0.25, 0.3) is 0 Å². The van der Waals surface area contributed by atoms with E-state index in [9.17, 15) is 0 Å². The van der Waals surface area contributed by atoms with Crippen LogP contribution in [0.1, 0.15) is 11.6 Å². The van der Waals surface area contributed by atoms with Crippen LogP contribution in [0.4, 0.5) is 5.69 Å². The molecule has 3 N–H and O–H groups in total. The van der Waals surface area contributed by atoms with Gasteiger partial charge in [0.05, 0.1) is 20.3 Å². The quantitative estimate of drug-likeness (QED) is 0.835. The number of para-hydroxylation sites is 1. The molecule has 0 spiro atoms. The third-order valence-corrected chi connectivity index (χ3v) is 3.76. The lowest BCUT2D eigenvalue weighted by atomic mass is 10.0. The molecule has 0 aliphatic heterocycles. The van der Waals surface area contributed by atoms with Gasteiger partial charge in [-0.2, -0.15) is 0 Å². The average molecular weight is 351 g/mol. The Kier molecular flexibility index (Phi) is 5.47. The van der Waals surface area contributed by atoms with Crippen molar-refractivity contribution in [1.29, 1.82) is 0 Å². The van der Waals surface area contributed by atoms with Crippen molar-refractivity contribution in [1.82, 2.24) is 0 Å².